The lowest BCUT2D eigenvalue weighted by Gasteiger charge is -2.39. The van der Waals surface area contributed by atoms with Crippen molar-refractivity contribution in [2.24, 2.45) is 11.8 Å². The number of piperazine rings is 1. The highest BCUT2D eigenvalue weighted by molar-refractivity contribution is 5.93. The van der Waals surface area contributed by atoms with E-state index in [1.165, 1.54) is 18.2 Å². The minimum Gasteiger partial charge on any atom is -0.340 e. The van der Waals surface area contributed by atoms with Gasteiger partial charge in [-0.2, -0.15) is 13.2 Å². The van der Waals surface area contributed by atoms with Crippen molar-refractivity contribution in [2.45, 2.75) is 13.1 Å². The van der Waals surface area contributed by atoms with Crippen molar-refractivity contribution in [1.29, 1.82) is 0 Å². The first kappa shape index (κ1) is 20.6. The second kappa shape index (κ2) is 8.48. The van der Waals surface area contributed by atoms with Crippen LogP contribution >= 0.6 is 0 Å². The molecule has 2 fully saturated rings. The SMILES string of the molecule is CC(C(=O)N1CCN(CC(=O)Nc2ccccc2C(F)(F)F)CC1)C1CNC1. The molecule has 0 spiro atoms. The third-order valence-corrected chi connectivity index (χ3v) is 5.47. The fourth-order valence-electron chi connectivity index (χ4n) is 3.51. The van der Waals surface area contributed by atoms with Crippen LogP contribution in [-0.4, -0.2) is 67.4 Å². The van der Waals surface area contributed by atoms with Crippen LogP contribution in [0.1, 0.15) is 12.5 Å². The fraction of sp³-hybridized carbons (Fsp3) is 0.579. The van der Waals surface area contributed by atoms with Crippen molar-refractivity contribution in [2.75, 3.05) is 51.1 Å². The molecule has 3 rings (SSSR count). The molecule has 1 aromatic carbocycles. The standard InChI is InChI=1S/C19H25F3N4O2/c1-13(14-10-23-11-14)18(28)26-8-6-25(7-9-26)12-17(27)24-16-5-3-2-4-15(16)19(20,21)22/h2-5,13-14,23H,6-12H2,1H3,(H,24,27). The number of alkyl halides is 3. The summed E-state index contributed by atoms with van der Waals surface area (Å²) in [6, 6.07) is 4.93. The first-order valence-electron chi connectivity index (χ1n) is 9.43. The molecule has 9 heteroatoms. The Balaban J connectivity index is 1.48. The van der Waals surface area contributed by atoms with Crippen LogP contribution < -0.4 is 10.6 Å². The lowest BCUT2D eigenvalue weighted by Crippen LogP contribution is -2.55. The molecule has 1 unspecified atom stereocenters. The summed E-state index contributed by atoms with van der Waals surface area (Å²) in [6.45, 7) is 5.78. The van der Waals surface area contributed by atoms with Crippen molar-refractivity contribution in [3.8, 4) is 0 Å². The van der Waals surface area contributed by atoms with Gasteiger partial charge in [0.05, 0.1) is 17.8 Å². The van der Waals surface area contributed by atoms with Crippen molar-refractivity contribution < 1.29 is 22.8 Å². The average Bonchev–Trinajstić information content (AvgIpc) is 2.59. The number of anilines is 1. The van der Waals surface area contributed by atoms with Gasteiger partial charge in [-0.15, -0.1) is 0 Å². The Kier molecular flexibility index (Phi) is 6.24. The van der Waals surface area contributed by atoms with Gasteiger partial charge in [0.1, 0.15) is 0 Å². The van der Waals surface area contributed by atoms with Gasteiger partial charge in [0.2, 0.25) is 11.8 Å². The molecule has 0 radical (unpaired) electrons. The van der Waals surface area contributed by atoms with Gasteiger partial charge in [-0.1, -0.05) is 19.1 Å². The molecule has 2 amide bonds. The topological polar surface area (TPSA) is 64.7 Å². The van der Waals surface area contributed by atoms with Crippen molar-refractivity contribution in [1.82, 2.24) is 15.1 Å². The molecular formula is C19H25F3N4O2. The molecule has 2 aliphatic rings. The van der Waals surface area contributed by atoms with E-state index >= 15 is 0 Å². The highest BCUT2D eigenvalue weighted by Crippen LogP contribution is 2.34. The van der Waals surface area contributed by atoms with E-state index in [0.29, 0.717) is 32.1 Å². The van der Waals surface area contributed by atoms with Crippen molar-refractivity contribution in [3.63, 3.8) is 0 Å². The summed E-state index contributed by atoms with van der Waals surface area (Å²) >= 11 is 0. The molecule has 2 N–H and O–H groups in total. The summed E-state index contributed by atoms with van der Waals surface area (Å²) in [5.41, 5.74) is -1.10. The number of halogens is 3. The highest BCUT2D eigenvalue weighted by Gasteiger charge is 2.34. The Labute approximate surface area is 162 Å². The van der Waals surface area contributed by atoms with Crippen molar-refractivity contribution >= 4 is 17.5 Å². The third kappa shape index (κ3) is 4.82. The highest BCUT2D eigenvalue weighted by atomic mass is 19.4. The number of carbonyl (C=O) groups excluding carboxylic acids is 2. The van der Waals surface area contributed by atoms with Crippen molar-refractivity contribution in [3.05, 3.63) is 29.8 Å². The van der Waals surface area contributed by atoms with Gasteiger partial charge in [0, 0.05) is 32.1 Å². The Morgan fingerprint density at radius 3 is 2.39 bits per heavy atom. The van der Waals surface area contributed by atoms with Gasteiger partial charge >= 0.3 is 6.18 Å². The molecule has 2 saturated heterocycles. The Bertz CT molecular complexity index is 713. The Morgan fingerprint density at radius 1 is 1.18 bits per heavy atom. The van der Waals surface area contributed by atoms with Crippen LogP contribution in [-0.2, 0) is 15.8 Å². The maximum Gasteiger partial charge on any atom is 0.418 e. The van der Waals surface area contributed by atoms with Crippen LogP contribution in [0.25, 0.3) is 0 Å². The zero-order chi connectivity index (χ0) is 20.3. The van der Waals surface area contributed by atoms with E-state index in [9.17, 15) is 22.8 Å². The van der Waals surface area contributed by atoms with Gasteiger partial charge < -0.3 is 15.5 Å². The molecule has 1 atom stereocenters. The van der Waals surface area contributed by atoms with E-state index in [1.807, 2.05) is 16.7 Å². The second-order valence-electron chi connectivity index (χ2n) is 7.40. The number of carbonyl (C=O) groups is 2. The molecule has 0 bridgehead atoms. The minimum atomic E-state index is -4.53. The molecule has 0 saturated carbocycles. The number of nitrogens with zero attached hydrogens (tertiary/aromatic N) is 2. The smallest absolute Gasteiger partial charge is 0.340 e. The third-order valence-electron chi connectivity index (χ3n) is 5.47. The van der Waals surface area contributed by atoms with Crippen LogP contribution in [0.4, 0.5) is 18.9 Å². The van der Waals surface area contributed by atoms with E-state index in [1.54, 1.807) is 0 Å². The second-order valence-corrected chi connectivity index (χ2v) is 7.40. The molecule has 154 valence electrons. The first-order chi connectivity index (χ1) is 13.3. The fourth-order valence-corrected chi connectivity index (χ4v) is 3.51. The van der Waals surface area contributed by atoms with E-state index in [0.717, 1.165) is 19.2 Å². The average molecular weight is 398 g/mol. The normalized spacial score (nSPS) is 19.8. The van der Waals surface area contributed by atoms with Crippen LogP contribution in [0.3, 0.4) is 0 Å². The maximum atomic E-state index is 13.0. The van der Waals surface area contributed by atoms with E-state index in [-0.39, 0.29) is 24.1 Å². The van der Waals surface area contributed by atoms with Gasteiger partial charge in [-0.25, -0.2) is 0 Å². The Hall–Kier alpha value is -2.13. The van der Waals surface area contributed by atoms with Gasteiger partial charge in [0.15, 0.2) is 0 Å². The molecule has 1 aromatic rings. The number of para-hydroxylation sites is 1. The van der Waals surface area contributed by atoms with E-state index in [2.05, 4.69) is 10.6 Å². The van der Waals surface area contributed by atoms with Crippen LogP contribution in [0.2, 0.25) is 0 Å². The zero-order valence-electron chi connectivity index (χ0n) is 15.8. The maximum absolute atomic E-state index is 13.0. The number of hydrogen-bond acceptors (Lipinski definition) is 4. The molecule has 0 aromatic heterocycles. The van der Waals surface area contributed by atoms with E-state index in [4.69, 9.17) is 0 Å². The summed E-state index contributed by atoms with van der Waals surface area (Å²) < 4.78 is 39.1. The monoisotopic (exact) mass is 398 g/mol. The molecule has 2 aliphatic heterocycles. The predicted octanol–water partition coefficient (Wildman–Crippen LogP) is 1.64. The first-order valence-corrected chi connectivity index (χ1v) is 9.43. The van der Waals surface area contributed by atoms with Crippen LogP contribution in [0.15, 0.2) is 24.3 Å². The molecular weight excluding hydrogens is 373 g/mol. The summed E-state index contributed by atoms with van der Waals surface area (Å²) in [6.07, 6.45) is -4.53. The van der Waals surface area contributed by atoms with Gasteiger partial charge in [-0.3, -0.25) is 14.5 Å². The van der Waals surface area contributed by atoms with Gasteiger partial charge in [-0.05, 0) is 31.1 Å². The minimum absolute atomic E-state index is 0.00365. The van der Waals surface area contributed by atoms with E-state index < -0.39 is 17.6 Å². The van der Waals surface area contributed by atoms with Gasteiger partial charge in [0.25, 0.3) is 0 Å². The summed E-state index contributed by atoms with van der Waals surface area (Å²) in [5.74, 6) is 0.0000649. The molecule has 0 aliphatic carbocycles. The molecule has 28 heavy (non-hydrogen) atoms. The largest absolute Gasteiger partial charge is 0.418 e. The number of nitrogens with one attached hydrogen (secondary N) is 2. The number of rotatable bonds is 5. The predicted molar refractivity (Wildman–Crippen MR) is 98.6 cm³/mol. The molecule has 2 heterocycles. The quantitative estimate of drug-likeness (QED) is 0.792. The number of hydrogen-bond donors (Lipinski definition) is 2. The van der Waals surface area contributed by atoms with Crippen LogP contribution in [0, 0.1) is 11.8 Å². The number of amides is 2. The van der Waals surface area contributed by atoms with Crippen LogP contribution in [0.5, 0.6) is 0 Å². The Morgan fingerprint density at radius 2 is 1.82 bits per heavy atom. The summed E-state index contributed by atoms with van der Waals surface area (Å²) in [4.78, 5) is 28.4. The lowest BCUT2D eigenvalue weighted by molar-refractivity contribution is -0.139. The lowest BCUT2D eigenvalue weighted by atomic mass is 9.88. The molecule has 6 nitrogen and oxygen atoms in total. The summed E-state index contributed by atoms with van der Waals surface area (Å²) in [7, 11) is 0. The number of benzene rings is 1. The zero-order valence-corrected chi connectivity index (χ0v) is 15.8. The summed E-state index contributed by atoms with van der Waals surface area (Å²) in [5, 5.41) is 5.53.